The minimum Gasteiger partial charge on any atom is -0.496 e. The Kier molecular flexibility index (Phi) is 5.93. The molecule has 0 radical (unpaired) electrons. The van der Waals surface area contributed by atoms with Crippen molar-refractivity contribution in [2.75, 3.05) is 19.5 Å². The summed E-state index contributed by atoms with van der Waals surface area (Å²) in [6.45, 7) is 1.80. The molecule has 0 atom stereocenters. The van der Waals surface area contributed by atoms with Crippen LogP contribution >= 0.6 is 11.3 Å². The number of amides is 1. The Morgan fingerprint density at radius 2 is 1.91 bits per heavy atom. The van der Waals surface area contributed by atoms with Gasteiger partial charge < -0.3 is 9.47 Å². The Hall–Kier alpha value is -4.43. The van der Waals surface area contributed by atoms with Crippen LogP contribution in [0.15, 0.2) is 36.7 Å². The van der Waals surface area contributed by atoms with Gasteiger partial charge in [-0.15, -0.1) is 0 Å². The summed E-state index contributed by atoms with van der Waals surface area (Å²) in [4.78, 5) is 42.0. The molecule has 3 heterocycles. The molecule has 0 bridgehead atoms. The highest BCUT2D eigenvalue weighted by atomic mass is 32.1. The minimum absolute atomic E-state index is 0.0426. The maximum Gasteiger partial charge on any atom is 0.358 e. The summed E-state index contributed by atoms with van der Waals surface area (Å²) in [7, 11) is 2.77. The summed E-state index contributed by atoms with van der Waals surface area (Å²) in [6.07, 6.45) is 2.72. The van der Waals surface area contributed by atoms with E-state index < -0.39 is 11.9 Å². The molecule has 0 fully saturated rings. The molecule has 33 heavy (non-hydrogen) atoms. The van der Waals surface area contributed by atoms with Crippen molar-refractivity contribution < 1.29 is 19.1 Å². The maximum atomic E-state index is 13.2. The first-order valence-corrected chi connectivity index (χ1v) is 10.3. The molecular weight excluding hydrogens is 444 g/mol. The molecule has 1 amide bonds. The Morgan fingerprint density at radius 1 is 1.09 bits per heavy atom. The number of nitrogens with zero attached hydrogens (tertiary/aromatic N) is 5. The number of rotatable bonds is 5. The summed E-state index contributed by atoms with van der Waals surface area (Å²) in [6, 6.07) is 8.82. The molecule has 0 saturated heterocycles. The fraction of sp³-hybridized carbons (Fsp3) is 0.136. The predicted octanol–water partition coefficient (Wildman–Crippen LogP) is 3.38. The lowest BCUT2D eigenvalue weighted by molar-refractivity contribution is 0.0594. The van der Waals surface area contributed by atoms with E-state index in [1.807, 2.05) is 0 Å². The van der Waals surface area contributed by atoms with E-state index in [4.69, 9.17) is 4.74 Å². The van der Waals surface area contributed by atoms with Crippen molar-refractivity contribution in [1.82, 2.24) is 19.9 Å². The molecular formula is C22H16N6O4S. The van der Waals surface area contributed by atoms with E-state index in [1.54, 1.807) is 31.2 Å². The van der Waals surface area contributed by atoms with E-state index in [9.17, 15) is 14.9 Å². The number of aromatic nitrogens is 4. The lowest BCUT2D eigenvalue weighted by Crippen LogP contribution is -2.14. The van der Waals surface area contributed by atoms with Gasteiger partial charge in [0.15, 0.2) is 21.3 Å². The number of carbonyl (C=O) groups excluding carboxylic acids is 2. The summed E-state index contributed by atoms with van der Waals surface area (Å²) in [5.41, 5.74) is 2.85. The van der Waals surface area contributed by atoms with Crippen molar-refractivity contribution >= 4 is 38.8 Å². The number of thiazole rings is 1. The highest BCUT2D eigenvalue weighted by molar-refractivity contribution is 7.21. The van der Waals surface area contributed by atoms with Crippen LogP contribution in [0.1, 0.15) is 32.1 Å². The molecule has 0 aliphatic heterocycles. The topological polar surface area (TPSA) is 140 Å². The number of esters is 1. The fourth-order valence-electron chi connectivity index (χ4n) is 3.09. The quantitative estimate of drug-likeness (QED) is 0.444. The van der Waals surface area contributed by atoms with Gasteiger partial charge in [0.25, 0.3) is 5.91 Å². The number of aryl methyl sites for hydroxylation is 1. The number of anilines is 1. The molecule has 10 nitrogen and oxygen atoms in total. The molecule has 0 saturated carbocycles. The standard InChI is InChI=1S/C22H16N6O4S/c1-11-6-13(14-7-12(8-23)4-5-17(14)31-2)15(9-24-11)19(29)28-22-27-18-20(33-22)26-16(10-25-18)21(30)32-3/h4-7,9-10H,1-3H3,(H,25,27,28,29). The number of methoxy groups -OCH3 is 2. The smallest absolute Gasteiger partial charge is 0.358 e. The minimum atomic E-state index is -0.618. The number of fused-ring (bicyclic) bond motifs is 1. The number of benzene rings is 1. The monoisotopic (exact) mass is 460 g/mol. The summed E-state index contributed by atoms with van der Waals surface area (Å²) < 4.78 is 10.1. The normalized spacial score (nSPS) is 10.5. The van der Waals surface area contributed by atoms with Crippen LogP contribution in [-0.2, 0) is 4.74 Å². The zero-order chi connectivity index (χ0) is 23.5. The maximum absolute atomic E-state index is 13.2. The third-order valence-corrected chi connectivity index (χ3v) is 5.50. The molecule has 0 unspecified atom stereocenters. The van der Waals surface area contributed by atoms with Gasteiger partial charge in [0.2, 0.25) is 0 Å². The molecule has 0 spiro atoms. The Labute approximate surface area is 191 Å². The third-order valence-electron chi connectivity index (χ3n) is 4.64. The Morgan fingerprint density at radius 3 is 2.64 bits per heavy atom. The first kappa shape index (κ1) is 21.8. The lowest BCUT2D eigenvalue weighted by atomic mass is 9.97. The predicted molar refractivity (Wildman–Crippen MR) is 120 cm³/mol. The van der Waals surface area contributed by atoms with Crippen molar-refractivity contribution in [3.8, 4) is 22.9 Å². The average molecular weight is 460 g/mol. The zero-order valence-corrected chi connectivity index (χ0v) is 18.6. The van der Waals surface area contributed by atoms with Gasteiger partial charge in [-0.3, -0.25) is 15.1 Å². The van der Waals surface area contributed by atoms with E-state index in [1.165, 1.54) is 26.6 Å². The number of ether oxygens (including phenoxy) is 2. The second-order valence-corrected chi connectivity index (χ2v) is 7.72. The van der Waals surface area contributed by atoms with Crippen molar-refractivity contribution in [2.45, 2.75) is 6.92 Å². The largest absolute Gasteiger partial charge is 0.496 e. The van der Waals surface area contributed by atoms with Crippen LogP contribution < -0.4 is 10.1 Å². The van der Waals surface area contributed by atoms with Crippen LogP contribution in [0.3, 0.4) is 0 Å². The first-order valence-electron chi connectivity index (χ1n) is 9.52. The Balaban J connectivity index is 1.72. The fourth-order valence-corrected chi connectivity index (χ4v) is 3.89. The third kappa shape index (κ3) is 4.32. The molecule has 164 valence electrons. The highest BCUT2D eigenvalue weighted by Crippen LogP contribution is 2.34. The van der Waals surface area contributed by atoms with E-state index in [-0.39, 0.29) is 22.0 Å². The van der Waals surface area contributed by atoms with Crippen LogP contribution in [-0.4, -0.2) is 46.0 Å². The van der Waals surface area contributed by atoms with Crippen LogP contribution in [0.25, 0.3) is 21.6 Å². The van der Waals surface area contributed by atoms with E-state index in [0.717, 1.165) is 11.3 Å². The highest BCUT2D eigenvalue weighted by Gasteiger charge is 2.20. The van der Waals surface area contributed by atoms with Crippen molar-refractivity contribution in [2.24, 2.45) is 0 Å². The van der Waals surface area contributed by atoms with Gasteiger partial charge in [0.05, 0.1) is 37.6 Å². The van der Waals surface area contributed by atoms with Gasteiger partial charge in [0, 0.05) is 23.0 Å². The molecule has 3 aromatic heterocycles. The number of nitrogens with one attached hydrogen (secondary N) is 1. The van der Waals surface area contributed by atoms with Crippen molar-refractivity contribution in [3.63, 3.8) is 0 Å². The molecule has 1 aromatic carbocycles. The SMILES string of the molecule is COC(=O)c1cnc2nc(NC(=O)c3cnc(C)cc3-c3cc(C#N)ccc3OC)sc2n1. The number of hydrogen-bond donors (Lipinski definition) is 1. The van der Waals surface area contributed by atoms with Crippen LogP contribution in [0, 0.1) is 18.3 Å². The molecule has 0 aliphatic carbocycles. The number of pyridine rings is 1. The van der Waals surface area contributed by atoms with Gasteiger partial charge in [-0.05, 0) is 31.2 Å². The second-order valence-electron chi connectivity index (χ2n) is 6.75. The first-order chi connectivity index (χ1) is 15.9. The van der Waals surface area contributed by atoms with Gasteiger partial charge in [-0.25, -0.2) is 14.8 Å². The second kappa shape index (κ2) is 8.97. The summed E-state index contributed by atoms with van der Waals surface area (Å²) in [5.74, 6) is -0.571. The molecule has 0 aliphatic rings. The van der Waals surface area contributed by atoms with Gasteiger partial charge in [-0.2, -0.15) is 10.2 Å². The zero-order valence-electron chi connectivity index (χ0n) is 17.7. The van der Waals surface area contributed by atoms with Crippen LogP contribution in [0.2, 0.25) is 0 Å². The molecule has 11 heteroatoms. The van der Waals surface area contributed by atoms with Crippen LogP contribution in [0.5, 0.6) is 5.75 Å². The van der Waals surface area contributed by atoms with Crippen molar-refractivity contribution in [1.29, 1.82) is 5.26 Å². The Bertz CT molecular complexity index is 1440. The van der Waals surface area contributed by atoms with Gasteiger partial charge in [0.1, 0.15) is 5.75 Å². The molecule has 4 rings (SSSR count). The van der Waals surface area contributed by atoms with Crippen LogP contribution in [0.4, 0.5) is 5.13 Å². The van der Waals surface area contributed by atoms with Crippen molar-refractivity contribution in [3.05, 3.63) is 59.2 Å². The van der Waals surface area contributed by atoms with Gasteiger partial charge in [-0.1, -0.05) is 11.3 Å². The molecule has 1 N–H and O–H groups in total. The number of hydrogen-bond acceptors (Lipinski definition) is 10. The summed E-state index contributed by atoms with van der Waals surface area (Å²) >= 11 is 1.07. The molecule has 4 aromatic rings. The van der Waals surface area contributed by atoms with E-state index in [2.05, 4.69) is 36.1 Å². The number of carbonyl (C=O) groups is 2. The summed E-state index contributed by atoms with van der Waals surface area (Å²) in [5, 5.41) is 12.3. The average Bonchev–Trinajstić information content (AvgIpc) is 3.24. The van der Waals surface area contributed by atoms with E-state index in [0.29, 0.717) is 33.0 Å². The van der Waals surface area contributed by atoms with Gasteiger partial charge >= 0.3 is 5.97 Å². The number of nitriles is 1. The lowest BCUT2D eigenvalue weighted by Gasteiger charge is -2.13. The van der Waals surface area contributed by atoms with E-state index >= 15 is 0 Å².